The number of hydrogen-bond acceptors (Lipinski definition) is 3. The summed E-state index contributed by atoms with van der Waals surface area (Å²) < 4.78 is 0. The van der Waals surface area contributed by atoms with E-state index < -0.39 is 0 Å². The Morgan fingerprint density at radius 3 is 2.93 bits per heavy atom. The zero-order valence-corrected chi connectivity index (χ0v) is 9.08. The average Bonchev–Trinajstić information content (AvgIpc) is 2.20. The predicted octanol–water partition coefficient (Wildman–Crippen LogP) is 1.11. The van der Waals surface area contributed by atoms with Gasteiger partial charge in [0, 0.05) is 19.8 Å². The summed E-state index contributed by atoms with van der Waals surface area (Å²) in [7, 11) is 1.89. The maximum atomic E-state index is 7.59. The molecule has 0 aliphatic rings. The van der Waals surface area contributed by atoms with Crippen molar-refractivity contribution in [1.82, 2.24) is 10.2 Å². The summed E-state index contributed by atoms with van der Waals surface area (Å²) in [6, 6.07) is 0. The van der Waals surface area contributed by atoms with Gasteiger partial charge in [0.2, 0.25) is 0 Å². The Labute approximate surface area is 86.2 Å². The van der Waals surface area contributed by atoms with E-state index in [2.05, 4.69) is 23.8 Å². The first-order valence-electron chi connectivity index (χ1n) is 4.86. The molecule has 0 aromatic carbocycles. The first-order chi connectivity index (χ1) is 6.72. The van der Waals surface area contributed by atoms with Gasteiger partial charge in [0.1, 0.15) is 5.84 Å². The van der Waals surface area contributed by atoms with E-state index in [4.69, 9.17) is 5.41 Å². The van der Waals surface area contributed by atoms with Crippen LogP contribution in [0.1, 0.15) is 13.3 Å². The third kappa shape index (κ3) is 6.37. The van der Waals surface area contributed by atoms with Crippen molar-refractivity contribution in [2.75, 3.05) is 26.7 Å². The Hall–Kier alpha value is -1.16. The Morgan fingerprint density at radius 2 is 2.36 bits per heavy atom. The summed E-state index contributed by atoms with van der Waals surface area (Å²) in [5.41, 5.74) is 0. The summed E-state index contributed by atoms with van der Waals surface area (Å²) in [6.45, 7) is 8.40. The normalized spacial score (nSPS) is 10.4. The third-order valence-electron chi connectivity index (χ3n) is 1.81. The summed E-state index contributed by atoms with van der Waals surface area (Å²) in [4.78, 5) is 5.66. The molecule has 0 spiro atoms. The lowest BCUT2D eigenvalue weighted by molar-refractivity contribution is 0.480. The molecule has 0 unspecified atom stereocenters. The topological polar surface area (TPSA) is 51.5 Å². The fraction of sp³-hybridized carbons (Fsp3) is 0.600. The molecule has 80 valence electrons. The number of nitrogens with one attached hydrogen (secondary N) is 2. The third-order valence-corrected chi connectivity index (χ3v) is 1.81. The van der Waals surface area contributed by atoms with Crippen molar-refractivity contribution in [3.05, 3.63) is 12.8 Å². The number of hydrogen-bond donors (Lipinski definition) is 2. The molecule has 0 aromatic rings. The van der Waals surface area contributed by atoms with Gasteiger partial charge < -0.3 is 10.2 Å². The second kappa shape index (κ2) is 8.44. The highest BCUT2D eigenvalue weighted by Crippen LogP contribution is 1.87. The SMILES string of the molecule is C=CN=CC(=N)N(C)CCCNCC. The van der Waals surface area contributed by atoms with E-state index >= 15 is 0 Å². The van der Waals surface area contributed by atoms with Gasteiger partial charge in [-0.2, -0.15) is 0 Å². The van der Waals surface area contributed by atoms with E-state index in [0.717, 1.165) is 26.1 Å². The van der Waals surface area contributed by atoms with Gasteiger partial charge in [-0.1, -0.05) is 13.5 Å². The van der Waals surface area contributed by atoms with Crippen LogP contribution in [0.15, 0.2) is 17.8 Å². The Morgan fingerprint density at radius 1 is 1.64 bits per heavy atom. The van der Waals surface area contributed by atoms with Crippen LogP contribution in [0.25, 0.3) is 0 Å². The molecule has 2 N–H and O–H groups in total. The molecule has 0 atom stereocenters. The lowest BCUT2D eigenvalue weighted by Gasteiger charge is -2.16. The first-order valence-corrected chi connectivity index (χ1v) is 4.86. The molecule has 0 radical (unpaired) electrons. The van der Waals surface area contributed by atoms with Gasteiger partial charge >= 0.3 is 0 Å². The van der Waals surface area contributed by atoms with Crippen molar-refractivity contribution in [3.63, 3.8) is 0 Å². The zero-order chi connectivity index (χ0) is 10.8. The number of amidine groups is 1. The minimum absolute atomic E-state index is 0.418. The van der Waals surface area contributed by atoms with Crippen LogP contribution in [0.2, 0.25) is 0 Å². The van der Waals surface area contributed by atoms with Crippen molar-refractivity contribution in [1.29, 1.82) is 5.41 Å². The standard InChI is InChI=1S/C10H20N4/c1-4-12-7-6-8-14(3)10(11)9-13-5-2/h5,9,11-12H,2,4,6-8H2,1,3H3. The minimum atomic E-state index is 0.418. The molecular weight excluding hydrogens is 176 g/mol. The molecule has 0 rings (SSSR count). The van der Waals surface area contributed by atoms with Crippen LogP contribution in [0.3, 0.4) is 0 Å². The van der Waals surface area contributed by atoms with Crippen molar-refractivity contribution < 1.29 is 0 Å². The maximum Gasteiger partial charge on any atom is 0.139 e. The molecule has 0 aromatic heterocycles. The summed E-state index contributed by atoms with van der Waals surface area (Å²) in [6.07, 6.45) is 3.97. The van der Waals surface area contributed by atoms with Crippen LogP contribution < -0.4 is 5.32 Å². The van der Waals surface area contributed by atoms with Crippen LogP contribution in [0.5, 0.6) is 0 Å². The van der Waals surface area contributed by atoms with Gasteiger partial charge in [0.05, 0.1) is 6.21 Å². The van der Waals surface area contributed by atoms with E-state index in [9.17, 15) is 0 Å². The molecule has 4 heteroatoms. The van der Waals surface area contributed by atoms with Crippen LogP contribution >= 0.6 is 0 Å². The summed E-state index contributed by atoms with van der Waals surface area (Å²) in [5.74, 6) is 0.418. The van der Waals surface area contributed by atoms with Crippen LogP contribution in [0, 0.1) is 5.41 Å². The second-order valence-corrected chi connectivity index (χ2v) is 2.97. The monoisotopic (exact) mass is 196 g/mol. The molecule has 0 bridgehead atoms. The summed E-state index contributed by atoms with van der Waals surface area (Å²) in [5, 5.41) is 10.8. The molecule has 0 amide bonds. The highest BCUT2D eigenvalue weighted by Gasteiger charge is 1.99. The Balaban J connectivity index is 3.61. The number of aliphatic imine (C=N–C) groups is 1. The van der Waals surface area contributed by atoms with Crippen molar-refractivity contribution in [2.45, 2.75) is 13.3 Å². The van der Waals surface area contributed by atoms with Crippen LogP contribution in [-0.2, 0) is 0 Å². The second-order valence-electron chi connectivity index (χ2n) is 2.97. The van der Waals surface area contributed by atoms with Gasteiger partial charge in [-0.25, -0.2) is 0 Å². The maximum absolute atomic E-state index is 7.59. The zero-order valence-electron chi connectivity index (χ0n) is 9.08. The molecule has 14 heavy (non-hydrogen) atoms. The fourth-order valence-electron chi connectivity index (χ4n) is 0.960. The van der Waals surface area contributed by atoms with E-state index in [1.165, 1.54) is 12.4 Å². The average molecular weight is 196 g/mol. The van der Waals surface area contributed by atoms with Gasteiger partial charge in [0.25, 0.3) is 0 Å². The number of rotatable bonds is 7. The highest BCUT2D eigenvalue weighted by atomic mass is 15.1. The molecule has 0 saturated heterocycles. The lowest BCUT2D eigenvalue weighted by Crippen LogP contribution is -2.30. The van der Waals surface area contributed by atoms with E-state index in [0.29, 0.717) is 5.84 Å². The first kappa shape index (κ1) is 12.8. The highest BCUT2D eigenvalue weighted by molar-refractivity contribution is 6.27. The number of nitrogens with zero attached hydrogens (tertiary/aromatic N) is 2. The van der Waals surface area contributed by atoms with Gasteiger partial charge in [0.15, 0.2) is 0 Å². The molecule has 0 fully saturated rings. The Kier molecular flexibility index (Phi) is 7.74. The lowest BCUT2D eigenvalue weighted by atomic mass is 10.4. The molecule has 0 aliphatic heterocycles. The molecule has 0 heterocycles. The van der Waals surface area contributed by atoms with Gasteiger partial charge in [-0.15, -0.1) is 0 Å². The van der Waals surface area contributed by atoms with Gasteiger partial charge in [-0.05, 0) is 19.5 Å². The largest absolute Gasteiger partial charge is 0.359 e. The van der Waals surface area contributed by atoms with E-state index in [-0.39, 0.29) is 0 Å². The molecular formula is C10H20N4. The van der Waals surface area contributed by atoms with E-state index in [1.807, 2.05) is 11.9 Å². The van der Waals surface area contributed by atoms with E-state index in [1.54, 1.807) is 0 Å². The minimum Gasteiger partial charge on any atom is -0.359 e. The van der Waals surface area contributed by atoms with Crippen molar-refractivity contribution in [2.24, 2.45) is 4.99 Å². The molecule has 0 saturated carbocycles. The fourth-order valence-corrected chi connectivity index (χ4v) is 0.960. The smallest absolute Gasteiger partial charge is 0.139 e. The van der Waals surface area contributed by atoms with Crippen molar-refractivity contribution in [3.8, 4) is 0 Å². The molecule has 0 aliphatic carbocycles. The van der Waals surface area contributed by atoms with Crippen LogP contribution in [0.4, 0.5) is 0 Å². The molecule has 4 nitrogen and oxygen atoms in total. The van der Waals surface area contributed by atoms with Crippen LogP contribution in [-0.4, -0.2) is 43.6 Å². The Bertz CT molecular complexity index is 198. The predicted molar refractivity (Wildman–Crippen MR) is 62.2 cm³/mol. The quantitative estimate of drug-likeness (QED) is 0.364. The summed E-state index contributed by atoms with van der Waals surface area (Å²) >= 11 is 0. The van der Waals surface area contributed by atoms with Gasteiger partial charge in [-0.3, -0.25) is 10.4 Å². The van der Waals surface area contributed by atoms with Crippen molar-refractivity contribution >= 4 is 12.1 Å².